The zero-order valence-corrected chi connectivity index (χ0v) is 17.0. The van der Waals surface area contributed by atoms with Crippen molar-refractivity contribution in [2.45, 2.75) is 25.0 Å². The molecule has 0 bridgehead atoms. The summed E-state index contributed by atoms with van der Waals surface area (Å²) in [5.41, 5.74) is 0.173. The minimum Gasteiger partial charge on any atom is -0.447 e. The number of hydrogen-bond acceptors (Lipinski definition) is 5. The van der Waals surface area contributed by atoms with E-state index in [9.17, 15) is 19.2 Å². The number of para-hydroxylation sites is 1. The lowest BCUT2D eigenvalue weighted by Crippen LogP contribution is -2.47. The first-order valence-corrected chi connectivity index (χ1v) is 10.3. The normalized spacial score (nSPS) is 19.6. The molecule has 2 amide bonds. The van der Waals surface area contributed by atoms with Crippen molar-refractivity contribution >= 4 is 12.0 Å². The number of hydrogen-bond donors (Lipinski definition) is 0. The molecule has 162 valence electrons. The molecule has 0 saturated carbocycles. The molecule has 0 radical (unpaired) electrons. The zero-order chi connectivity index (χ0) is 22.2. The highest BCUT2D eigenvalue weighted by Gasteiger charge is 2.42. The van der Waals surface area contributed by atoms with Gasteiger partial charge < -0.3 is 4.74 Å². The number of rotatable bonds is 4. The van der Waals surface area contributed by atoms with Crippen molar-refractivity contribution < 1.29 is 14.3 Å². The molecule has 0 N–H and O–H groups in total. The molecule has 0 unspecified atom stereocenters. The molecule has 1 fully saturated rings. The molecule has 9 nitrogen and oxygen atoms in total. The van der Waals surface area contributed by atoms with Gasteiger partial charge in [-0.15, -0.1) is 0 Å². The molecule has 2 aliphatic rings. The fourth-order valence-electron chi connectivity index (χ4n) is 4.20. The second kappa shape index (κ2) is 7.84. The first-order valence-electron chi connectivity index (χ1n) is 10.3. The number of nitrogens with zero attached hydrogens (tertiary/aromatic N) is 4. The number of carbonyl (C=O) groups is 2. The second-order valence-corrected chi connectivity index (χ2v) is 7.66. The van der Waals surface area contributed by atoms with Crippen LogP contribution in [0.4, 0.5) is 4.79 Å². The van der Waals surface area contributed by atoms with E-state index in [2.05, 4.69) is 0 Å². The van der Waals surface area contributed by atoms with Gasteiger partial charge in [-0.05, 0) is 24.1 Å². The summed E-state index contributed by atoms with van der Waals surface area (Å²) in [5, 5.41) is 0. The number of ether oxygens (including phenoxy) is 1. The predicted molar refractivity (Wildman–Crippen MR) is 115 cm³/mol. The van der Waals surface area contributed by atoms with Crippen molar-refractivity contribution in [2.24, 2.45) is 0 Å². The summed E-state index contributed by atoms with van der Waals surface area (Å²) in [6.45, 7) is 0.220. The molecule has 0 spiro atoms. The summed E-state index contributed by atoms with van der Waals surface area (Å²) >= 11 is 0. The minimum atomic E-state index is -1.13. The third-order valence-corrected chi connectivity index (χ3v) is 5.70. The summed E-state index contributed by atoms with van der Waals surface area (Å²) < 4.78 is 8.51. The molecular formula is C23H20N4O5. The van der Waals surface area contributed by atoms with Gasteiger partial charge in [0.1, 0.15) is 6.61 Å². The van der Waals surface area contributed by atoms with Crippen molar-refractivity contribution in [1.29, 1.82) is 0 Å². The topological polar surface area (TPSA) is 95.5 Å². The zero-order valence-electron chi connectivity index (χ0n) is 17.0. The number of fused-ring (bicyclic) bond motifs is 1. The predicted octanol–water partition coefficient (Wildman–Crippen LogP) is 1.50. The Hall–Kier alpha value is -4.14. The molecule has 2 aromatic carbocycles. The first kappa shape index (κ1) is 19.8. The maximum absolute atomic E-state index is 13.5. The van der Waals surface area contributed by atoms with Gasteiger partial charge in [-0.25, -0.2) is 33.2 Å². The van der Waals surface area contributed by atoms with E-state index in [4.69, 9.17) is 4.74 Å². The van der Waals surface area contributed by atoms with E-state index < -0.39 is 35.5 Å². The largest absolute Gasteiger partial charge is 0.447 e. The summed E-state index contributed by atoms with van der Waals surface area (Å²) in [6, 6.07) is 16.4. The van der Waals surface area contributed by atoms with Crippen LogP contribution in [-0.4, -0.2) is 43.5 Å². The van der Waals surface area contributed by atoms with Crippen LogP contribution in [0.15, 0.2) is 82.4 Å². The Kier molecular flexibility index (Phi) is 4.85. The highest BCUT2D eigenvalue weighted by molar-refractivity contribution is 5.96. The Bertz CT molecular complexity index is 1320. The molecule has 32 heavy (non-hydrogen) atoms. The molecule has 1 saturated heterocycles. The Morgan fingerprint density at radius 2 is 1.62 bits per heavy atom. The van der Waals surface area contributed by atoms with E-state index in [1.807, 2.05) is 30.3 Å². The molecule has 0 aliphatic carbocycles. The summed E-state index contributed by atoms with van der Waals surface area (Å²) in [7, 11) is 0. The second-order valence-electron chi connectivity index (χ2n) is 7.66. The van der Waals surface area contributed by atoms with Crippen LogP contribution in [0.5, 0.6) is 0 Å². The number of amides is 2. The van der Waals surface area contributed by atoms with Crippen LogP contribution in [0, 0.1) is 0 Å². The monoisotopic (exact) mass is 432 g/mol. The number of aromatic nitrogens is 3. The van der Waals surface area contributed by atoms with Gasteiger partial charge in [0.25, 0.3) is 5.91 Å². The Morgan fingerprint density at radius 3 is 2.34 bits per heavy atom. The van der Waals surface area contributed by atoms with Crippen molar-refractivity contribution in [3.05, 3.63) is 99.3 Å². The van der Waals surface area contributed by atoms with Crippen molar-refractivity contribution in [2.75, 3.05) is 6.61 Å². The Balaban J connectivity index is 1.52. The van der Waals surface area contributed by atoms with Gasteiger partial charge in [-0.1, -0.05) is 60.7 Å². The number of imide groups is 1. The van der Waals surface area contributed by atoms with E-state index in [1.165, 1.54) is 4.68 Å². The van der Waals surface area contributed by atoms with Crippen molar-refractivity contribution in [1.82, 2.24) is 18.8 Å². The van der Waals surface area contributed by atoms with Crippen LogP contribution >= 0.6 is 0 Å². The van der Waals surface area contributed by atoms with E-state index in [0.29, 0.717) is 12.1 Å². The number of benzene rings is 2. The maximum atomic E-state index is 13.5. The van der Waals surface area contributed by atoms with Gasteiger partial charge in [-0.3, -0.25) is 4.79 Å². The molecule has 3 aromatic rings. The summed E-state index contributed by atoms with van der Waals surface area (Å²) in [4.78, 5) is 53.1. The van der Waals surface area contributed by atoms with E-state index in [-0.39, 0.29) is 13.2 Å². The van der Waals surface area contributed by atoms with Gasteiger partial charge in [-0.2, -0.15) is 0 Å². The van der Waals surface area contributed by atoms with E-state index in [0.717, 1.165) is 19.7 Å². The van der Waals surface area contributed by atoms with Crippen molar-refractivity contribution in [3.63, 3.8) is 0 Å². The van der Waals surface area contributed by atoms with Crippen molar-refractivity contribution in [3.8, 4) is 5.69 Å². The average Bonchev–Trinajstić information content (AvgIpc) is 3.31. The third-order valence-electron chi connectivity index (χ3n) is 5.70. The third kappa shape index (κ3) is 3.18. The van der Waals surface area contributed by atoms with Gasteiger partial charge in [0.15, 0.2) is 6.04 Å². The standard InChI is InChI=1S/C23H20N4O5/c28-20(25-18(15-32-23(25)31)14-16-8-3-1-4-9-16)19-12-7-13-24-21(29)26(22(30)27(19)24)17-10-5-2-6-11-17/h1-12,18-19H,13-15H2/t18-,19-/m0/s1. The van der Waals surface area contributed by atoms with Crippen LogP contribution < -0.4 is 11.4 Å². The molecule has 9 heteroatoms. The summed E-state index contributed by atoms with van der Waals surface area (Å²) in [6.07, 6.45) is 2.87. The highest BCUT2D eigenvalue weighted by Crippen LogP contribution is 2.23. The van der Waals surface area contributed by atoms with E-state index in [1.54, 1.807) is 42.5 Å². The van der Waals surface area contributed by atoms with Gasteiger partial charge >= 0.3 is 17.5 Å². The van der Waals surface area contributed by atoms with E-state index >= 15 is 0 Å². The molecule has 5 rings (SSSR count). The maximum Gasteiger partial charge on any atom is 0.417 e. The Labute approximate surface area is 182 Å². The molecular weight excluding hydrogens is 412 g/mol. The molecule has 3 heterocycles. The van der Waals surface area contributed by atoms with Crippen LogP contribution in [0.2, 0.25) is 0 Å². The molecule has 2 atom stereocenters. The average molecular weight is 432 g/mol. The molecule has 2 aliphatic heterocycles. The number of allylic oxidation sites excluding steroid dienone is 1. The lowest BCUT2D eigenvalue weighted by atomic mass is 10.1. The number of carbonyl (C=O) groups excluding carboxylic acids is 2. The van der Waals surface area contributed by atoms with Crippen LogP contribution in [-0.2, 0) is 22.5 Å². The van der Waals surface area contributed by atoms with Gasteiger partial charge in [0.05, 0.1) is 18.3 Å². The minimum absolute atomic E-state index is 0.0721. The SMILES string of the molecule is O=C1OC[C@H](Cc2ccccc2)N1C(=O)[C@@H]1C=CCn2c(=O)n(-c3ccccc3)c(=O)n21. The van der Waals surface area contributed by atoms with Gasteiger partial charge in [0.2, 0.25) is 0 Å². The lowest BCUT2D eigenvalue weighted by Gasteiger charge is -2.26. The smallest absolute Gasteiger partial charge is 0.417 e. The first-order chi connectivity index (χ1) is 15.6. The van der Waals surface area contributed by atoms with Gasteiger partial charge in [0, 0.05) is 0 Å². The molecule has 1 aromatic heterocycles. The van der Waals surface area contributed by atoms with Crippen LogP contribution in [0.1, 0.15) is 11.6 Å². The fourth-order valence-corrected chi connectivity index (χ4v) is 4.20. The highest BCUT2D eigenvalue weighted by atomic mass is 16.6. The van der Waals surface area contributed by atoms with Crippen LogP contribution in [0.25, 0.3) is 5.69 Å². The Morgan fingerprint density at radius 1 is 0.938 bits per heavy atom. The summed E-state index contributed by atoms with van der Waals surface area (Å²) in [5.74, 6) is -0.606. The lowest BCUT2D eigenvalue weighted by molar-refractivity contribution is -0.132. The van der Waals surface area contributed by atoms with Crippen LogP contribution in [0.3, 0.4) is 0 Å². The number of cyclic esters (lactones) is 1. The fraction of sp³-hybridized carbons (Fsp3) is 0.217. The quantitative estimate of drug-likeness (QED) is 0.583.